The van der Waals surface area contributed by atoms with Crippen LogP contribution in [0.1, 0.15) is 32.1 Å². The van der Waals surface area contributed by atoms with Gasteiger partial charge in [-0.1, -0.05) is 5.92 Å². The summed E-state index contributed by atoms with van der Waals surface area (Å²) in [6, 6.07) is 0. The molecule has 0 saturated heterocycles. The molecule has 1 fully saturated rings. The molecule has 0 spiro atoms. The molecule has 0 N–H and O–H groups in total. The minimum atomic E-state index is -2.56. The standard InChI is InChI=1S/C10H12F2O/c1-2-3-9(13)8-4-6-10(11,12)7-5-8/h1,8H,3-7H2. The molecule has 0 radical (unpaired) electrons. The molecule has 0 aromatic heterocycles. The fourth-order valence-electron chi connectivity index (χ4n) is 1.61. The molecule has 0 heterocycles. The number of hydrogen-bond donors (Lipinski definition) is 0. The maximum absolute atomic E-state index is 12.7. The van der Waals surface area contributed by atoms with Crippen molar-refractivity contribution in [3.8, 4) is 12.3 Å². The second kappa shape index (κ2) is 3.87. The zero-order chi connectivity index (χ0) is 9.90. The van der Waals surface area contributed by atoms with E-state index in [0.29, 0.717) is 0 Å². The van der Waals surface area contributed by atoms with Crippen molar-refractivity contribution in [2.24, 2.45) is 5.92 Å². The lowest BCUT2D eigenvalue weighted by Gasteiger charge is -2.26. The number of hydrogen-bond acceptors (Lipinski definition) is 1. The van der Waals surface area contributed by atoms with Gasteiger partial charge in [-0.2, -0.15) is 0 Å². The van der Waals surface area contributed by atoms with Gasteiger partial charge in [-0.3, -0.25) is 4.79 Å². The zero-order valence-electron chi connectivity index (χ0n) is 7.35. The molecule has 1 nitrogen and oxygen atoms in total. The number of halogens is 2. The van der Waals surface area contributed by atoms with Gasteiger partial charge in [0.25, 0.3) is 0 Å². The van der Waals surface area contributed by atoms with Gasteiger partial charge in [0.1, 0.15) is 5.78 Å². The second-order valence-corrected chi connectivity index (χ2v) is 3.48. The summed E-state index contributed by atoms with van der Waals surface area (Å²) in [6.07, 6.45) is 5.28. The van der Waals surface area contributed by atoms with Crippen molar-refractivity contribution in [1.29, 1.82) is 0 Å². The number of carbonyl (C=O) groups is 1. The molecule has 0 aromatic carbocycles. The summed E-state index contributed by atoms with van der Waals surface area (Å²) in [5.41, 5.74) is 0. The third kappa shape index (κ3) is 2.80. The number of carbonyl (C=O) groups excluding carboxylic acids is 1. The molecule has 72 valence electrons. The van der Waals surface area contributed by atoms with E-state index in [9.17, 15) is 13.6 Å². The first kappa shape index (κ1) is 10.2. The maximum atomic E-state index is 12.7. The smallest absolute Gasteiger partial charge is 0.248 e. The van der Waals surface area contributed by atoms with Crippen molar-refractivity contribution in [1.82, 2.24) is 0 Å². The fraction of sp³-hybridized carbons (Fsp3) is 0.700. The molecule has 0 aromatic rings. The molecule has 3 heteroatoms. The Balaban J connectivity index is 2.42. The highest BCUT2D eigenvalue weighted by Crippen LogP contribution is 2.36. The van der Waals surface area contributed by atoms with Crippen molar-refractivity contribution in [2.75, 3.05) is 0 Å². The lowest BCUT2D eigenvalue weighted by Crippen LogP contribution is -2.28. The van der Waals surface area contributed by atoms with E-state index in [0.717, 1.165) is 0 Å². The summed E-state index contributed by atoms with van der Waals surface area (Å²) in [5, 5.41) is 0. The summed E-state index contributed by atoms with van der Waals surface area (Å²) in [6.45, 7) is 0. The van der Waals surface area contributed by atoms with Crippen LogP contribution >= 0.6 is 0 Å². The Kier molecular flexibility index (Phi) is 3.02. The molecule has 0 aliphatic heterocycles. The van der Waals surface area contributed by atoms with Gasteiger partial charge in [-0.15, -0.1) is 6.42 Å². The van der Waals surface area contributed by atoms with E-state index in [1.54, 1.807) is 0 Å². The number of Topliss-reactive ketones (excluding diaryl/α,β-unsaturated/α-hetero) is 1. The number of rotatable bonds is 2. The zero-order valence-corrected chi connectivity index (χ0v) is 7.35. The highest BCUT2D eigenvalue weighted by Gasteiger charge is 2.36. The quantitative estimate of drug-likeness (QED) is 0.605. The van der Waals surface area contributed by atoms with E-state index < -0.39 is 5.92 Å². The Morgan fingerprint density at radius 3 is 2.46 bits per heavy atom. The normalized spacial score (nSPS) is 22.2. The predicted molar refractivity (Wildman–Crippen MR) is 45.4 cm³/mol. The van der Waals surface area contributed by atoms with Crippen molar-refractivity contribution >= 4 is 5.78 Å². The average Bonchev–Trinajstić information content (AvgIpc) is 2.04. The van der Waals surface area contributed by atoms with Crippen LogP contribution in [0.15, 0.2) is 0 Å². The molecule has 1 saturated carbocycles. The van der Waals surface area contributed by atoms with Crippen molar-refractivity contribution in [3.63, 3.8) is 0 Å². The predicted octanol–water partition coefficient (Wildman–Crippen LogP) is 2.40. The molecule has 0 amide bonds. The first-order valence-electron chi connectivity index (χ1n) is 4.39. The third-order valence-electron chi connectivity index (χ3n) is 2.45. The summed E-state index contributed by atoms with van der Waals surface area (Å²) in [5.74, 6) is -0.598. The summed E-state index contributed by atoms with van der Waals surface area (Å²) >= 11 is 0. The van der Waals surface area contributed by atoms with Crippen molar-refractivity contribution < 1.29 is 13.6 Å². The summed E-state index contributed by atoms with van der Waals surface area (Å²) < 4.78 is 25.4. The van der Waals surface area contributed by atoms with Crippen LogP contribution in [0.5, 0.6) is 0 Å². The van der Waals surface area contributed by atoms with Crippen LogP contribution in [-0.4, -0.2) is 11.7 Å². The monoisotopic (exact) mass is 186 g/mol. The van der Waals surface area contributed by atoms with E-state index >= 15 is 0 Å². The first-order chi connectivity index (χ1) is 6.05. The van der Waals surface area contributed by atoms with E-state index in [1.807, 2.05) is 0 Å². The van der Waals surface area contributed by atoms with Crippen LogP contribution in [0.3, 0.4) is 0 Å². The minimum Gasteiger partial charge on any atom is -0.298 e. The van der Waals surface area contributed by atoms with Crippen LogP contribution < -0.4 is 0 Å². The number of terminal acetylenes is 1. The lowest BCUT2D eigenvalue weighted by molar-refractivity contribution is -0.125. The fourth-order valence-corrected chi connectivity index (χ4v) is 1.61. The van der Waals surface area contributed by atoms with Crippen LogP contribution in [0, 0.1) is 18.3 Å². The van der Waals surface area contributed by atoms with Gasteiger partial charge in [-0.05, 0) is 12.8 Å². The number of alkyl halides is 2. The highest BCUT2D eigenvalue weighted by molar-refractivity contribution is 5.83. The van der Waals surface area contributed by atoms with Gasteiger partial charge in [0.05, 0.1) is 6.42 Å². The van der Waals surface area contributed by atoms with Crippen LogP contribution in [-0.2, 0) is 4.79 Å². The third-order valence-corrected chi connectivity index (χ3v) is 2.45. The Bertz CT molecular complexity index is 230. The first-order valence-corrected chi connectivity index (χ1v) is 4.39. The minimum absolute atomic E-state index is 0.0574. The van der Waals surface area contributed by atoms with E-state index in [2.05, 4.69) is 5.92 Å². The van der Waals surface area contributed by atoms with E-state index in [-0.39, 0.29) is 43.8 Å². The second-order valence-electron chi connectivity index (χ2n) is 3.48. The van der Waals surface area contributed by atoms with Crippen LogP contribution in [0.4, 0.5) is 8.78 Å². The molecule has 1 aliphatic rings. The van der Waals surface area contributed by atoms with Gasteiger partial charge in [0.2, 0.25) is 5.92 Å². The van der Waals surface area contributed by atoms with Gasteiger partial charge < -0.3 is 0 Å². The van der Waals surface area contributed by atoms with Crippen molar-refractivity contribution in [2.45, 2.75) is 38.0 Å². The lowest BCUT2D eigenvalue weighted by atomic mass is 9.83. The van der Waals surface area contributed by atoms with Gasteiger partial charge in [0, 0.05) is 18.8 Å². The van der Waals surface area contributed by atoms with Gasteiger partial charge >= 0.3 is 0 Å². The van der Waals surface area contributed by atoms with Crippen LogP contribution in [0.2, 0.25) is 0 Å². The molecule has 1 rings (SSSR count). The SMILES string of the molecule is C#CCC(=O)C1CCC(F)(F)CC1. The van der Waals surface area contributed by atoms with Crippen molar-refractivity contribution in [3.05, 3.63) is 0 Å². The molecule has 0 unspecified atom stereocenters. The van der Waals surface area contributed by atoms with Gasteiger partial charge in [0.15, 0.2) is 0 Å². The largest absolute Gasteiger partial charge is 0.298 e. The Hall–Kier alpha value is -0.910. The summed E-state index contributed by atoms with van der Waals surface area (Å²) in [4.78, 5) is 11.2. The molecule has 0 atom stereocenters. The molecule has 0 bridgehead atoms. The Labute approximate surface area is 76.5 Å². The average molecular weight is 186 g/mol. The Morgan fingerprint density at radius 2 is 2.00 bits per heavy atom. The number of ketones is 1. The Morgan fingerprint density at radius 1 is 1.46 bits per heavy atom. The van der Waals surface area contributed by atoms with Crippen LogP contribution in [0.25, 0.3) is 0 Å². The topological polar surface area (TPSA) is 17.1 Å². The summed E-state index contributed by atoms with van der Waals surface area (Å²) in [7, 11) is 0. The van der Waals surface area contributed by atoms with E-state index in [4.69, 9.17) is 6.42 Å². The van der Waals surface area contributed by atoms with E-state index in [1.165, 1.54) is 0 Å². The van der Waals surface area contributed by atoms with Gasteiger partial charge in [-0.25, -0.2) is 8.78 Å². The molecular formula is C10H12F2O. The molecule has 1 aliphatic carbocycles. The highest BCUT2D eigenvalue weighted by atomic mass is 19.3. The molecular weight excluding hydrogens is 174 g/mol. The maximum Gasteiger partial charge on any atom is 0.248 e. The molecule has 13 heavy (non-hydrogen) atoms.